The van der Waals surface area contributed by atoms with Crippen molar-refractivity contribution >= 4 is 15.8 Å². The molecule has 0 amide bonds. The molecule has 0 spiro atoms. The average Bonchev–Trinajstić information content (AvgIpc) is 2.85. The summed E-state index contributed by atoms with van der Waals surface area (Å²) in [5, 5.41) is 0. The van der Waals surface area contributed by atoms with Crippen LogP contribution < -0.4 is 9.47 Å². The number of ether oxygens (including phenoxy) is 2. The molecule has 0 N–H and O–H groups in total. The Balaban J connectivity index is 1.76. The summed E-state index contributed by atoms with van der Waals surface area (Å²) in [4.78, 5) is 16.5. The SMILES string of the molecule is COc1ccc(C(c2ccc(F)cc2)C2CC(=O)CCN2S(=O)(=O)c2ccc(OC(F)(F)F)cc2)cn1. The number of nitrogens with zero attached hydrogens (tertiary/aromatic N) is 2. The number of pyridine rings is 1. The van der Waals surface area contributed by atoms with Gasteiger partial charge in [-0.15, -0.1) is 13.2 Å². The van der Waals surface area contributed by atoms with E-state index in [0.29, 0.717) is 17.0 Å². The number of benzene rings is 2. The van der Waals surface area contributed by atoms with E-state index in [-0.39, 0.29) is 30.1 Å². The molecule has 4 rings (SSSR count). The highest BCUT2D eigenvalue weighted by Gasteiger charge is 2.42. The second-order valence-electron chi connectivity index (χ2n) is 8.36. The molecule has 0 saturated carbocycles. The zero-order chi connectivity index (χ0) is 26.8. The maximum atomic E-state index is 13.7. The van der Waals surface area contributed by atoms with Crippen molar-refractivity contribution in [1.29, 1.82) is 0 Å². The van der Waals surface area contributed by atoms with Gasteiger partial charge in [0.1, 0.15) is 17.3 Å². The molecule has 3 aromatic rings. The van der Waals surface area contributed by atoms with Crippen LogP contribution in [-0.2, 0) is 14.8 Å². The average molecular weight is 539 g/mol. The Hall–Kier alpha value is -3.51. The van der Waals surface area contributed by atoms with E-state index in [0.717, 1.165) is 24.3 Å². The second kappa shape index (κ2) is 10.5. The van der Waals surface area contributed by atoms with Crippen LogP contribution in [0.3, 0.4) is 0 Å². The van der Waals surface area contributed by atoms with Crippen molar-refractivity contribution in [3.8, 4) is 11.6 Å². The molecule has 2 heterocycles. The molecule has 2 unspecified atom stereocenters. The van der Waals surface area contributed by atoms with Crippen molar-refractivity contribution in [3.63, 3.8) is 0 Å². The minimum absolute atomic E-state index is 0.0258. The van der Waals surface area contributed by atoms with E-state index in [9.17, 15) is 30.8 Å². The number of ketones is 1. The van der Waals surface area contributed by atoms with Crippen LogP contribution in [0, 0.1) is 5.82 Å². The van der Waals surface area contributed by atoms with Crippen LogP contribution in [0.2, 0.25) is 0 Å². The Morgan fingerprint density at radius 3 is 2.22 bits per heavy atom. The number of alkyl halides is 3. The first-order valence-electron chi connectivity index (χ1n) is 11.1. The molecule has 1 aromatic heterocycles. The summed E-state index contributed by atoms with van der Waals surface area (Å²) in [6.45, 7) is -0.131. The zero-order valence-electron chi connectivity index (χ0n) is 19.5. The van der Waals surface area contributed by atoms with Gasteiger partial charge in [0.15, 0.2) is 0 Å². The minimum Gasteiger partial charge on any atom is -0.481 e. The Morgan fingerprint density at radius 2 is 1.65 bits per heavy atom. The number of hydrogen-bond donors (Lipinski definition) is 0. The highest BCUT2D eigenvalue weighted by molar-refractivity contribution is 7.89. The first-order chi connectivity index (χ1) is 17.5. The van der Waals surface area contributed by atoms with Gasteiger partial charge in [-0.05, 0) is 47.5 Å². The van der Waals surface area contributed by atoms with Crippen molar-refractivity contribution in [2.24, 2.45) is 0 Å². The quantitative estimate of drug-likeness (QED) is 0.406. The lowest BCUT2D eigenvalue weighted by Crippen LogP contribution is -2.49. The molecular weight excluding hydrogens is 516 g/mol. The van der Waals surface area contributed by atoms with Crippen LogP contribution >= 0.6 is 0 Å². The fraction of sp³-hybridized carbons (Fsp3) is 0.280. The van der Waals surface area contributed by atoms with Crippen LogP contribution in [0.4, 0.5) is 17.6 Å². The summed E-state index contributed by atoms with van der Waals surface area (Å²) in [7, 11) is -2.81. The summed E-state index contributed by atoms with van der Waals surface area (Å²) in [5.74, 6) is -1.58. The van der Waals surface area contributed by atoms with Gasteiger partial charge in [0.25, 0.3) is 0 Å². The second-order valence-corrected chi connectivity index (χ2v) is 10.2. The molecule has 7 nitrogen and oxygen atoms in total. The van der Waals surface area contributed by atoms with E-state index in [1.165, 1.54) is 41.9 Å². The Kier molecular flexibility index (Phi) is 7.51. The lowest BCUT2D eigenvalue weighted by atomic mass is 9.82. The molecule has 2 aromatic carbocycles. The molecule has 1 saturated heterocycles. The summed E-state index contributed by atoms with van der Waals surface area (Å²) >= 11 is 0. The molecule has 0 radical (unpaired) electrons. The highest BCUT2D eigenvalue weighted by atomic mass is 32.2. The standard InChI is InChI=1S/C25H22F4N2O5S/c1-35-23-11-4-17(15-30-23)24(16-2-5-18(26)6-3-16)22-14-19(32)12-13-31(22)37(33,34)21-9-7-20(8-10-21)36-25(27,28)29/h2-11,15,22,24H,12-14H2,1H3. The van der Waals surface area contributed by atoms with E-state index >= 15 is 0 Å². The predicted molar refractivity (Wildman–Crippen MR) is 124 cm³/mol. The van der Waals surface area contributed by atoms with Gasteiger partial charge in [-0.3, -0.25) is 4.79 Å². The fourth-order valence-electron chi connectivity index (χ4n) is 4.37. The van der Waals surface area contributed by atoms with Crippen LogP contribution in [-0.4, -0.2) is 49.5 Å². The first kappa shape index (κ1) is 26.6. The van der Waals surface area contributed by atoms with Gasteiger partial charge in [0, 0.05) is 43.6 Å². The summed E-state index contributed by atoms with van der Waals surface area (Å²) in [6.07, 6.45) is -3.57. The maximum Gasteiger partial charge on any atom is 0.573 e. The summed E-state index contributed by atoms with van der Waals surface area (Å²) < 4.78 is 88.7. The molecule has 1 aliphatic heterocycles. The van der Waals surface area contributed by atoms with E-state index in [1.807, 2.05) is 0 Å². The molecule has 1 fully saturated rings. The van der Waals surface area contributed by atoms with Gasteiger partial charge in [0.2, 0.25) is 15.9 Å². The predicted octanol–water partition coefficient (Wildman–Crippen LogP) is 4.68. The number of hydrogen-bond acceptors (Lipinski definition) is 6. The van der Waals surface area contributed by atoms with Crippen molar-refractivity contribution in [2.75, 3.05) is 13.7 Å². The van der Waals surface area contributed by atoms with Gasteiger partial charge < -0.3 is 9.47 Å². The third kappa shape index (κ3) is 6.08. The van der Waals surface area contributed by atoms with Crippen LogP contribution in [0.15, 0.2) is 71.8 Å². The van der Waals surface area contributed by atoms with Gasteiger partial charge in [0.05, 0.1) is 12.0 Å². The molecule has 2 atom stereocenters. The molecule has 12 heteroatoms. The largest absolute Gasteiger partial charge is 0.573 e. The van der Waals surface area contributed by atoms with Crippen molar-refractivity contribution in [3.05, 3.63) is 83.8 Å². The van der Waals surface area contributed by atoms with Crippen molar-refractivity contribution in [2.45, 2.75) is 36.1 Å². The van der Waals surface area contributed by atoms with E-state index < -0.39 is 39.9 Å². The molecule has 1 aliphatic rings. The lowest BCUT2D eigenvalue weighted by molar-refractivity contribution is -0.274. The van der Waals surface area contributed by atoms with Gasteiger partial charge >= 0.3 is 6.36 Å². The highest BCUT2D eigenvalue weighted by Crippen LogP contribution is 2.38. The third-order valence-corrected chi connectivity index (χ3v) is 7.96. The molecule has 0 bridgehead atoms. The number of halogens is 4. The fourth-order valence-corrected chi connectivity index (χ4v) is 6.01. The van der Waals surface area contributed by atoms with Gasteiger partial charge in [-0.2, -0.15) is 4.31 Å². The number of methoxy groups -OCH3 is 1. The van der Waals surface area contributed by atoms with Crippen LogP contribution in [0.25, 0.3) is 0 Å². The number of Topliss-reactive ketones (excluding diaryl/α,β-unsaturated/α-hetero) is 1. The van der Waals surface area contributed by atoms with Crippen LogP contribution in [0.5, 0.6) is 11.6 Å². The number of carbonyl (C=O) groups excluding carboxylic acids is 1. The van der Waals surface area contributed by atoms with Gasteiger partial charge in [-0.25, -0.2) is 17.8 Å². The van der Waals surface area contributed by atoms with Gasteiger partial charge in [-0.1, -0.05) is 18.2 Å². The van der Waals surface area contributed by atoms with Crippen molar-refractivity contribution in [1.82, 2.24) is 9.29 Å². The number of sulfonamides is 1. The van der Waals surface area contributed by atoms with Crippen LogP contribution in [0.1, 0.15) is 29.9 Å². The molecule has 37 heavy (non-hydrogen) atoms. The Bertz CT molecular complexity index is 1350. The third-order valence-electron chi connectivity index (χ3n) is 6.02. The number of piperidine rings is 1. The number of rotatable bonds is 7. The van der Waals surface area contributed by atoms with Crippen molar-refractivity contribution < 1.29 is 40.2 Å². The normalized spacial score (nSPS) is 17.9. The maximum absolute atomic E-state index is 13.7. The number of aromatic nitrogens is 1. The van der Waals surface area contributed by atoms with E-state index in [1.54, 1.807) is 12.1 Å². The molecule has 0 aliphatic carbocycles. The Morgan fingerprint density at radius 1 is 1.00 bits per heavy atom. The van der Waals surface area contributed by atoms with E-state index in [2.05, 4.69) is 9.72 Å². The smallest absolute Gasteiger partial charge is 0.481 e. The Labute approximate surface area is 210 Å². The monoisotopic (exact) mass is 538 g/mol. The molecular formula is C25H22F4N2O5S. The zero-order valence-corrected chi connectivity index (χ0v) is 20.3. The lowest BCUT2D eigenvalue weighted by Gasteiger charge is -2.39. The minimum atomic E-state index is -4.92. The topological polar surface area (TPSA) is 85.8 Å². The summed E-state index contributed by atoms with van der Waals surface area (Å²) in [5.41, 5.74) is 1.13. The van der Waals surface area contributed by atoms with E-state index in [4.69, 9.17) is 4.74 Å². The number of carbonyl (C=O) groups is 1. The molecule has 196 valence electrons. The summed E-state index contributed by atoms with van der Waals surface area (Å²) in [6, 6.07) is 11.7. The first-order valence-corrected chi connectivity index (χ1v) is 12.6.